The van der Waals surface area contributed by atoms with Gasteiger partial charge in [-0.15, -0.1) is 6.42 Å². The molecule has 5 heteroatoms. The Morgan fingerprint density at radius 2 is 1.96 bits per heavy atom. The normalized spacial score (nSPS) is 11.7. The number of rotatable bonds is 9. The van der Waals surface area contributed by atoms with Gasteiger partial charge in [0.15, 0.2) is 0 Å². The van der Waals surface area contributed by atoms with Gasteiger partial charge in [-0.05, 0) is 37.1 Å². The van der Waals surface area contributed by atoms with E-state index in [2.05, 4.69) is 16.2 Å². The number of terminal acetylenes is 1. The molecular weight excluding hydrogens is 350 g/mol. The highest BCUT2D eigenvalue weighted by atomic mass is 16.5. The van der Waals surface area contributed by atoms with E-state index in [1.54, 1.807) is 6.20 Å². The van der Waals surface area contributed by atoms with Crippen molar-refractivity contribution in [2.45, 2.75) is 19.4 Å². The Morgan fingerprint density at radius 3 is 2.71 bits per heavy atom. The number of para-hydroxylation sites is 1. The summed E-state index contributed by atoms with van der Waals surface area (Å²) in [6.45, 7) is 3.48. The quantitative estimate of drug-likeness (QED) is 0.555. The number of ether oxygens (including phenoxy) is 2. The first-order valence-electron chi connectivity index (χ1n) is 9.34. The van der Waals surface area contributed by atoms with E-state index in [0.717, 1.165) is 28.8 Å². The fourth-order valence-corrected chi connectivity index (χ4v) is 3.06. The summed E-state index contributed by atoms with van der Waals surface area (Å²) in [5.74, 6) is 3.23. The molecule has 0 unspecified atom stereocenters. The molecule has 0 aliphatic heterocycles. The molecule has 0 amide bonds. The van der Waals surface area contributed by atoms with E-state index in [-0.39, 0.29) is 12.6 Å². The van der Waals surface area contributed by atoms with E-state index in [1.165, 1.54) is 5.56 Å². The van der Waals surface area contributed by atoms with Crippen LogP contribution in [0, 0.1) is 12.3 Å². The molecule has 0 saturated heterocycles. The van der Waals surface area contributed by atoms with Gasteiger partial charge in [-0.1, -0.05) is 36.3 Å². The SMILES string of the molecule is C#CCOc1ccc(C[C@@H](COCC)Nc2c(N)cnc3ccccc23)cc1. The van der Waals surface area contributed by atoms with Crippen LogP contribution in [-0.2, 0) is 11.2 Å². The molecule has 0 fully saturated rings. The van der Waals surface area contributed by atoms with Crippen LogP contribution >= 0.6 is 0 Å². The monoisotopic (exact) mass is 375 g/mol. The second kappa shape index (κ2) is 9.63. The average Bonchev–Trinajstić information content (AvgIpc) is 2.73. The molecule has 1 atom stereocenters. The van der Waals surface area contributed by atoms with E-state index >= 15 is 0 Å². The van der Waals surface area contributed by atoms with Crippen molar-refractivity contribution in [3.63, 3.8) is 0 Å². The number of aromatic nitrogens is 1. The third-order valence-electron chi connectivity index (χ3n) is 4.40. The van der Waals surface area contributed by atoms with Gasteiger partial charge in [0, 0.05) is 12.0 Å². The van der Waals surface area contributed by atoms with Gasteiger partial charge in [-0.25, -0.2) is 0 Å². The third kappa shape index (κ3) is 4.93. The number of nitrogens with two attached hydrogens (primary N) is 1. The number of pyridine rings is 1. The lowest BCUT2D eigenvalue weighted by atomic mass is 10.0. The summed E-state index contributed by atoms with van der Waals surface area (Å²) in [7, 11) is 0. The van der Waals surface area contributed by atoms with E-state index < -0.39 is 0 Å². The topological polar surface area (TPSA) is 69.4 Å². The number of nitrogens with zero attached hydrogens (tertiary/aromatic N) is 1. The molecule has 1 aromatic heterocycles. The zero-order valence-corrected chi connectivity index (χ0v) is 16.0. The molecule has 0 aliphatic carbocycles. The van der Waals surface area contributed by atoms with E-state index in [4.69, 9.17) is 21.6 Å². The van der Waals surface area contributed by atoms with Crippen LogP contribution < -0.4 is 15.8 Å². The number of hydrogen-bond acceptors (Lipinski definition) is 5. The van der Waals surface area contributed by atoms with Crippen molar-refractivity contribution < 1.29 is 9.47 Å². The highest BCUT2D eigenvalue weighted by molar-refractivity contribution is 5.96. The van der Waals surface area contributed by atoms with Crippen molar-refractivity contribution in [2.75, 3.05) is 30.9 Å². The molecule has 1 heterocycles. The first-order valence-corrected chi connectivity index (χ1v) is 9.34. The lowest BCUT2D eigenvalue weighted by Gasteiger charge is -2.22. The van der Waals surface area contributed by atoms with E-state index in [0.29, 0.717) is 18.9 Å². The van der Waals surface area contributed by atoms with Crippen LogP contribution in [0.4, 0.5) is 11.4 Å². The molecule has 3 rings (SSSR count). The van der Waals surface area contributed by atoms with E-state index in [9.17, 15) is 0 Å². The molecule has 5 nitrogen and oxygen atoms in total. The van der Waals surface area contributed by atoms with Gasteiger partial charge >= 0.3 is 0 Å². The van der Waals surface area contributed by atoms with Gasteiger partial charge in [0.2, 0.25) is 0 Å². The van der Waals surface area contributed by atoms with Crippen LogP contribution in [0.1, 0.15) is 12.5 Å². The van der Waals surface area contributed by atoms with Crippen molar-refractivity contribution in [1.82, 2.24) is 4.98 Å². The second-order valence-electron chi connectivity index (χ2n) is 6.45. The molecular formula is C23H25N3O2. The zero-order valence-electron chi connectivity index (χ0n) is 16.0. The minimum Gasteiger partial charge on any atom is -0.481 e. The van der Waals surface area contributed by atoms with Crippen molar-refractivity contribution in [3.8, 4) is 18.1 Å². The second-order valence-corrected chi connectivity index (χ2v) is 6.45. The Morgan fingerprint density at radius 1 is 1.18 bits per heavy atom. The Labute approximate surface area is 165 Å². The fraction of sp³-hybridized carbons (Fsp3) is 0.261. The maximum Gasteiger partial charge on any atom is 0.148 e. The molecule has 3 N–H and O–H groups in total. The summed E-state index contributed by atoms with van der Waals surface area (Å²) >= 11 is 0. The van der Waals surface area contributed by atoms with Crippen LogP contribution in [0.5, 0.6) is 5.75 Å². The van der Waals surface area contributed by atoms with Crippen LogP contribution in [0.3, 0.4) is 0 Å². The highest BCUT2D eigenvalue weighted by Gasteiger charge is 2.14. The zero-order chi connectivity index (χ0) is 19.8. The molecule has 2 aromatic carbocycles. The summed E-state index contributed by atoms with van der Waals surface area (Å²) < 4.78 is 11.1. The van der Waals surface area contributed by atoms with Crippen LogP contribution in [0.25, 0.3) is 10.9 Å². The van der Waals surface area contributed by atoms with Crippen LogP contribution in [0.2, 0.25) is 0 Å². The number of nitrogens with one attached hydrogen (secondary N) is 1. The molecule has 0 bridgehead atoms. The minimum absolute atomic E-state index is 0.0607. The average molecular weight is 375 g/mol. The van der Waals surface area contributed by atoms with Crippen molar-refractivity contribution in [3.05, 3.63) is 60.3 Å². The Kier molecular flexibility index (Phi) is 6.72. The van der Waals surface area contributed by atoms with Crippen molar-refractivity contribution in [2.24, 2.45) is 0 Å². The first kappa shape index (κ1) is 19.5. The van der Waals surface area contributed by atoms with Gasteiger partial charge in [0.25, 0.3) is 0 Å². The lowest BCUT2D eigenvalue weighted by molar-refractivity contribution is 0.137. The molecule has 144 valence electrons. The molecule has 3 aromatic rings. The van der Waals surface area contributed by atoms with Crippen molar-refractivity contribution >= 4 is 22.3 Å². The summed E-state index contributed by atoms with van der Waals surface area (Å²) in [4.78, 5) is 4.40. The third-order valence-corrected chi connectivity index (χ3v) is 4.40. The van der Waals surface area contributed by atoms with E-state index in [1.807, 2.05) is 55.5 Å². The summed E-state index contributed by atoms with van der Waals surface area (Å²) in [5.41, 5.74) is 9.82. The molecule has 0 saturated carbocycles. The predicted octanol–water partition coefficient (Wildman–Crippen LogP) is 3.89. The van der Waals surface area contributed by atoms with Crippen molar-refractivity contribution in [1.29, 1.82) is 0 Å². The molecule has 28 heavy (non-hydrogen) atoms. The van der Waals surface area contributed by atoms with Gasteiger partial charge in [-0.2, -0.15) is 0 Å². The first-order chi connectivity index (χ1) is 13.7. The van der Waals surface area contributed by atoms with Gasteiger partial charge < -0.3 is 20.5 Å². The summed E-state index contributed by atoms with van der Waals surface area (Å²) in [6.07, 6.45) is 7.71. The number of benzene rings is 2. The standard InChI is InChI=1S/C23H25N3O2/c1-3-13-28-19-11-9-17(10-12-19)14-18(16-27-4-2)26-23-20-7-5-6-8-22(20)25-15-21(23)24/h1,5-12,15,18H,4,13-14,16,24H2,2H3,(H,25,26)/t18-/m0/s1. The lowest BCUT2D eigenvalue weighted by Crippen LogP contribution is -2.28. The molecule has 0 radical (unpaired) electrons. The highest BCUT2D eigenvalue weighted by Crippen LogP contribution is 2.28. The van der Waals surface area contributed by atoms with Gasteiger partial charge in [0.05, 0.1) is 35.7 Å². The van der Waals surface area contributed by atoms with Crippen LogP contribution in [-0.4, -0.2) is 30.8 Å². The summed E-state index contributed by atoms with van der Waals surface area (Å²) in [6, 6.07) is 16.0. The number of hydrogen-bond donors (Lipinski definition) is 2. The maximum absolute atomic E-state index is 6.22. The van der Waals surface area contributed by atoms with Crippen LogP contribution in [0.15, 0.2) is 54.7 Å². The molecule has 0 spiro atoms. The number of fused-ring (bicyclic) bond motifs is 1. The van der Waals surface area contributed by atoms with Gasteiger partial charge in [-0.3, -0.25) is 4.98 Å². The Bertz CT molecular complexity index is 948. The Hall–Kier alpha value is -3.23. The van der Waals surface area contributed by atoms with Gasteiger partial charge in [0.1, 0.15) is 12.4 Å². The Balaban J connectivity index is 1.79. The minimum atomic E-state index is 0.0607. The predicted molar refractivity (Wildman–Crippen MR) is 115 cm³/mol. The largest absolute Gasteiger partial charge is 0.481 e. The number of nitrogen functional groups attached to an aromatic ring is 1. The summed E-state index contributed by atoms with van der Waals surface area (Å²) in [5, 5.41) is 4.58. The smallest absolute Gasteiger partial charge is 0.148 e. The fourth-order valence-electron chi connectivity index (χ4n) is 3.06. The molecule has 0 aliphatic rings. The maximum atomic E-state index is 6.22. The number of anilines is 2.